The number of allylic oxidation sites excluding steroid dienone is 8. The van der Waals surface area contributed by atoms with Gasteiger partial charge in [0.1, 0.15) is 13.2 Å². The van der Waals surface area contributed by atoms with Crippen LogP contribution in [0, 0.1) is 0 Å². The molecule has 1 unspecified atom stereocenters. The summed E-state index contributed by atoms with van der Waals surface area (Å²) in [5.74, 6) is -0.864. The number of hydrogen-bond donors (Lipinski definition) is 0. The number of ether oxygens (including phenoxy) is 3. The molecule has 0 aliphatic rings. The van der Waals surface area contributed by atoms with Crippen molar-refractivity contribution in [2.75, 3.05) is 13.2 Å². The molecule has 0 heterocycles. The van der Waals surface area contributed by atoms with Crippen LogP contribution < -0.4 is 0 Å². The van der Waals surface area contributed by atoms with Crippen molar-refractivity contribution in [3.8, 4) is 0 Å². The van der Waals surface area contributed by atoms with E-state index < -0.39 is 6.10 Å². The highest BCUT2D eigenvalue weighted by atomic mass is 16.6. The molecule has 0 fully saturated rings. The SMILES string of the molecule is CCCCC/C=C\C/C=C\C/C=C\CCCCCCCCC(=O)OC(COC(=O)CCCCCCCCCCCC)COC(=O)CCCCCCCCCCCCCCCCCCCCCCCCC/C=C\CCCCCCCCCC. The number of rotatable bonds is 68. The molecule has 0 radical (unpaired) electrons. The molecule has 0 rings (SSSR count). The van der Waals surface area contributed by atoms with Gasteiger partial charge in [0.25, 0.3) is 0 Å². The van der Waals surface area contributed by atoms with Crippen molar-refractivity contribution in [2.45, 2.75) is 406 Å². The van der Waals surface area contributed by atoms with Gasteiger partial charge in [0.2, 0.25) is 0 Å². The van der Waals surface area contributed by atoms with Crippen LogP contribution in [0.1, 0.15) is 400 Å². The van der Waals surface area contributed by atoms with Gasteiger partial charge in [0.05, 0.1) is 0 Å². The Morgan fingerprint density at radius 3 is 0.720 bits per heavy atom. The molecule has 0 amide bonds. The van der Waals surface area contributed by atoms with E-state index in [1.807, 2.05) is 0 Å². The van der Waals surface area contributed by atoms with E-state index in [9.17, 15) is 14.4 Å². The average Bonchev–Trinajstić information content (AvgIpc) is 3.48. The summed E-state index contributed by atoms with van der Waals surface area (Å²) in [4.78, 5) is 38.3. The summed E-state index contributed by atoms with van der Waals surface area (Å²) in [5, 5.41) is 0. The van der Waals surface area contributed by atoms with E-state index in [1.165, 1.54) is 283 Å². The fourth-order valence-corrected chi connectivity index (χ4v) is 11.0. The molecule has 0 aromatic carbocycles. The zero-order valence-electron chi connectivity index (χ0n) is 55.3. The lowest BCUT2D eigenvalue weighted by atomic mass is 10.0. The van der Waals surface area contributed by atoms with Crippen LogP contribution in [0.4, 0.5) is 0 Å². The number of carbonyl (C=O) groups excluding carboxylic acids is 3. The van der Waals surface area contributed by atoms with Crippen LogP contribution in [-0.4, -0.2) is 37.2 Å². The summed E-state index contributed by atoms with van der Waals surface area (Å²) < 4.78 is 16.9. The number of esters is 3. The Kier molecular flexibility index (Phi) is 68.6. The van der Waals surface area contributed by atoms with Crippen molar-refractivity contribution in [3.05, 3.63) is 48.6 Å². The second-order valence-electron chi connectivity index (χ2n) is 24.9. The Labute approximate surface area is 511 Å². The van der Waals surface area contributed by atoms with Crippen LogP contribution >= 0.6 is 0 Å². The molecule has 0 N–H and O–H groups in total. The predicted octanol–water partition coefficient (Wildman–Crippen LogP) is 25.3. The molecule has 480 valence electrons. The Hall–Kier alpha value is -2.63. The zero-order chi connectivity index (χ0) is 59.2. The zero-order valence-corrected chi connectivity index (χ0v) is 55.3. The first-order valence-corrected chi connectivity index (χ1v) is 36.6. The van der Waals surface area contributed by atoms with E-state index in [4.69, 9.17) is 14.2 Å². The minimum Gasteiger partial charge on any atom is -0.462 e. The normalized spacial score (nSPS) is 12.3. The average molecular weight is 1150 g/mol. The minimum absolute atomic E-state index is 0.0735. The third-order valence-corrected chi connectivity index (χ3v) is 16.6. The molecule has 0 saturated carbocycles. The van der Waals surface area contributed by atoms with E-state index in [-0.39, 0.29) is 31.1 Å². The third kappa shape index (κ3) is 68.2. The van der Waals surface area contributed by atoms with Crippen molar-refractivity contribution >= 4 is 17.9 Å². The van der Waals surface area contributed by atoms with Crippen LogP contribution in [0.5, 0.6) is 0 Å². The molecule has 82 heavy (non-hydrogen) atoms. The summed E-state index contributed by atoms with van der Waals surface area (Å²) in [6.45, 7) is 6.65. The van der Waals surface area contributed by atoms with Crippen LogP contribution in [0.2, 0.25) is 0 Å². The molecular formula is C76H140O6. The number of unbranched alkanes of at least 4 members (excludes halogenated alkanes) is 49. The van der Waals surface area contributed by atoms with E-state index in [2.05, 4.69) is 69.4 Å². The quantitative estimate of drug-likeness (QED) is 0.0261. The first kappa shape index (κ1) is 79.4. The Bertz CT molecular complexity index is 1410. The van der Waals surface area contributed by atoms with Crippen molar-refractivity contribution in [1.82, 2.24) is 0 Å². The number of carbonyl (C=O) groups is 3. The molecule has 6 heteroatoms. The molecule has 0 aliphatic carbocycles. The number of hydrogen-bond acceptors (Lipinski definition) is 6. The molecule has 0 bridgehead atoms. The van der Waals surface area contributed by atoms with Crippen LogP contribution in [0.15, 0.2) is 48.6 Å². The van der Waals surface area contributed by atoms with Crippen molar-refractivity contribution in [1.29, 1.82) is 0 Å². The second kappa shape index (κ2) is 70.9. The van der Waals surface area contributed by atoms with Crippen LogP contribution in [-0.2, 0) is 28.6 Å². The molecule has 1 atom stereocenters. The predicted molar refractivity (Wildman–Crippen MR) is 358 cm³/mol. The lowest BCUT2D eigenvalue weighted by Gasteiger charge is -2.18. The monoisotopic (exact) mass is 1150 g/mol. The van der Waals surface area contributed by atoms with E-state index in [0.29, 0.717) is 19.3 Å². The van der Waals surface area contributed by atoms with Gasteiger partial charge in [-0.25, -0.2) is 0 Å². The van der Waals surface area contributed by atoms with Gasteiger partial charge < -0.3 is 14.2 Å². The highest BCUT2D eigenvalue weighted by Gasteiger charge is 2.19. The van der Waals surface area contributed by atoms with Gasteiger partial charge in [-0.1, -0.05) is 345 Å². The van der Waals surface area contributed by atoms with Gasteiger partial charge in [0.15, 0.2) is 6.10 Å². The summed E-state index contributed by atoms with van der Waals surface area (Å²) in [7, 11) is 0. The van der Waals surface area contributed by atoms with Gasteiger partial charge in [-0.15, -0.1) is 0 Å². The van der Waals surface area contributed by atoms with Gasteiger partial charge in [0, 0.05) is 19.3 Å². The smallest absolute Gasteiger partial charge is 0.306 e. The van der Waals surface area contributed by atoms with Gasteiger partial charge >= 0.3 is 17.9 Å². The first-order chi connectivity index (χ1) is 40.5. The van der Waals surface area contributed by atoms with Gasteiger partial charge in [-0.3, -0.25) is 14.4 Å². The maximum Gasteiger partial charge on any atom is 0.306 e. The van der Waals surface area contributed by atoms with Gasteiger partial charge in [-0.05, 0) is 83.5 Å². The maximum atomic E-state index is 12.9. The Morgan fingerprint density at radius 2 is 0.439 bits per heavy atom. The fourth-order valence-electron chi connectivity index (χ4n) is 11.0. The van der Waals surface area contributed by atoms with E-state index >= 15 is 0 Å². The molecule has 0 aromatic heterocycles. The summed E-state index contributed by atoms with van der Waals surface area (Å²) >= 11 is 0. The van der Waals surface area contributed by atoms with E-state index in [0.717, 1.165) is 77.0 Å². The van der Waals surface area contributed by atoms with Crippen LogP contribution in [0.25, 0.3) is 0 Å². The molecule has 0 aliphatic heterocycles. The Balaban J connectivity index is 4.04. The van der Waals surface area contributed by atoms with Crippen LogP contribution in [0.3, 0.4) is 0 Å². The summed E-state index contributed by atoms with van der Waals surface area (Å²) in [6.07, 6.45) is 90.3. The highest BCUT2D eigenvalue weighted by molar-refractivity contribution is 5.71. The molecule has 0 saturated heterocycles. The van der Waals surface area contributed by atoms with E-state index in [1.54, 1.807) is 0 Å². The van der Waals surface area contributed by atoms with Gasteiger partial charge in [-0.2, -0.15) is 0 Å². The Morgan fingerprint density at radius 1 is 0.244 bits per heavy atom. The maximum absolute atomic E-state index is 12.9. The topological polar surface area (TPSA) is 78.9 Å². The second-order valence-corrected chi connectivity index (χ2v) is 24.9. The van der Waals surface area contributed by atoms with Crippen molar-refractivity contribution < 1.29 is 28.6 Å². The largest absolute Gasteiger partial charge is 0.462 e. The third-order valence-electron chi connectivity index (χ3n) is 16.6. The fraction of sp³-hybridized carbons (Fsp3) is 0.855. The van der Waals surface area contributed by atoms with Crippen molar-refractivity contribution in [3.63, 3.8) is 0 Å². The lowest BCUT2D eigenvalue weighted by molar-refractivity contribution is -0.167. The van der Waals surface area contributed by atoms with Crippen molar-refractivity contribution in [2.24, 2.45) is 0 Å². The molecule has 6 nitrogen and oxygen atoms in total. The summed E-state index contributed by atoms with van der Waals surface area (Å²) in [5.41, 5.74) is 0. The molecule has 0 aromatic rings. The molecular weight excluding hydrogens is 1010 g/mol. The first-order valence-electron chi connectivity index (χ1n) is 36.6. The lowest BCUT2D eigenvalue weighted by Crippen LogP contribution is -2.30. The highest BCUT2D eigenvalue weighted by Crippen LogP contribution is 2.19. The molecule has 0 spiro atoms. The minimum atomic E-state index is -0.777. The summed E-state index contributed by atoms with van der Waals surface area (Å²) in [6, 6.07) is 0. The standard InChI is InChI=1S/C76H140O6/c1-4-7-10-13-16-19-22-24-26-28-30-31-32-33-34-35-36-37-38-39-40-41-42-43-44-45-47-48-50-52-54-57-60-63-66-69-75(78)81-72-73(71-80-74(77)68-65-62-59-56-21-18-15-12-9-6-3)82-76(79)70-67-64-61-58-55-53-51-49-46-29-27-25-23-20-17-14-11-8-5-2/h17,20,25,27-28,30,46,49,73H,4-16,18-19,21-24,26,29,31-45,47-48,50-72H2,1-3H3/b20-17-,27-25-,30-28-,49-46-.